The van der Waals surface area contributed by atoms with E-state index in [1.54, 1.807) is 19.1 Å². The van der Waals surface area contributed by atoms with Crippen molar-refractivity contribution in [2.24, 2.45) is 5.73 Å². The van der Waals surface area contributed by atoms with Gasteiger partial charge in [0.1, 0.15) is 17.6 Å². The molecule has 10 heavy (non-hydrogen) atoms. The number of aliphatic hydroxyl groups is 1. The lowest BCUT2D eigenvalue weighted by Crippen LogP contribution is -1.93. The minimum atomic E-state index is -0.541. The van der Waals surface area contributed by atoms with Gasteiger partial charge in [-0.1, -0.05) is 0 Å². The Hall–Kier alpha value is -0.800. The van der Waals surface area contributed by atoms with Gasteiger partial charge in [0.25, 0.3) is 0 Å². The summed E-state index contributed by atoms with van der Waals surface area (Å²) >= 11 is 0. The van der Waals surface area contributed by atoms with E-state index in [1.807, 2.05) is 0 Å². The van der Waals surface area contributed by atoms with Gasteiger partial charge in [-0.05, 0) is 19.1 Å². The quantitative estimate of drug-likeness (QED) is 0.640. The summed E-state index contributed by atoms with van der Waals surface area (Å²) in [5.41, 5.74) is 5.29. The Bertz CT molecular complexity index is 205. The third-order valence-corrected chi connectivity index (χ3v) is 1.30. The molecule has 0 saturated heterocycles. The van der Waals surface area contributed by atoms with Gasteiger partial charge in [-0.2, -0.15) is 0 Å². The number of rotatable bonds is 2. The standard InChI is InChI=1S/C7H11NO2/c1-5(9)7-3-2-6(4-8)10-7/h2-3,5,9H,4,8H2,1H3. The van der Waals surface area contributed by atoms with Gasteiger partial charge < -0.3 is 15.3 Å². The fourth-order valence-electron chi connectivity index (χ4n) is 0.729. The first-order chi connectivity index (χ1) is 4.74. The van der Waals surface area contributed by atoms with Crippen molar-refractivity contribution >= 4 is 0 Å². The van der Waals surface area contributed by atoms with Crippen molar-refractivity contribution in [3.05, 3.63) is 23.7 Å². The van der Waals surface area contributed by atoms with Gasteiger partial charge in [-0.25, -0.2) is 0 Å². The molecule has 0 saturated carbocycles. The van der Waals surface area contributed by atoms with E-state index in [0.29, 0.717) is 18.1 Å². The van der Waals surface area contributed by atoms with Crippen molar-refractivity contribution in [3.63, 3.8) is 0 Å². The molecule has 0 aromatic carbocycles. The van der Waals surface area contributed by atoms with Crippen molar-refractivity contribution < 1.29 is 9.52 Å². The van der Waals surface area contributed by atoms with Crippen molar-refractivity contribution in [1.82, 2.24) is 0 Å². The molecule has 1 aromatic rings. The lowest BCUT2D eigenvalue weighted by Gasteiger charge is -1.96. The van der Waals surface area contributed by atoms with Gasteiger partial charge >= 0.3 is 0 Å². The molecule has 3 nitrogen and oxygen atoms in total. The summed E-state index contributed by atoms with van der Waals surface area (Å²) in [7, 11) is 0. The molecular weight excluding hydrogens is 130 g/mol. The molecule has 1 atom stereocenters. The predicted octanol–water partition coefficient (Wildman–Crippen LogP) is 0.792. The molecule has 0 aliphatic carbocycles. The maximum atomic E-state index is 9.00. The van der Waals surface area contributed by atoms with Gasteiger partial charge in [0, 0.05) is 0 Å². The molecular formula is C7H11NO2. The molecule has 0 fully saturated rings. The Labute approximate surface area is 59.5 Å². The fraction of sp³-hybridized carbons (Fsp3) is 0.429. The van der Waals surface area contributed by atoms with Crippen LogP contribution < -0.4 is 5.73 Å². The molecule has 0 amide bonds. The smallest absolute Gasteiger partial charge is 0.132 e. The van der Waals surface area contributed by atoms with E-state index in [-0.39, 0.29) is 0 Å². The summed E-state index contributed by atoms with van der Waals surface area (Å²) in [6, 6.07) is 3.49. The molecule has 1 aromatic heterocycles. The van der Waals surface area contributed by atoms with E-state index < -0.39 is 6.10 Å². The van der Waals surface area contributed by atoms with E-state index in [2.05, 4.69) is 0 Å². The highest BCUT2D eigenvalue weighted by atomic mass is 16.4. The first-order valence-electron chi connectivity index (χ1n) is 3.20. The number of aliphatic hydroxyl groups excluding tert-OH is 1. The molecule has 3 heteroatoms. The van der Waals surface area contributed by atoms with Crippen LogP contribution in [0.1, 0.15) is 24.5 Å². The third-order valence-electron chi connectivity index (χ3n) is 1.30. The summed E-state index contributed by atoms with van der Waals surface area (Å²) in [5, 5.41) is 9.00. The van der Waals surface area contributed by atoms with Crippen molar-refractivity contribution in [2.75, 3.05) is 0 Å². The highest BCUT2D eigenvalue weighted by Crippen LogP contribution is 2.14. The molecule has 3 N–H and O–H groups in total. The van der Waals surface area contributed by atoms with Gasteiger partial charge in [-0.15, -0.1) is 0 Å². The third kappa shape index (κ3) is 1.37. The van der Waals surface area contributed by atoms with E-state index in [1.165, 1.54) is 0 Å². The van der Waals surface area contributed by atoms with Crippen molar-refractivity contribution in [3.8, 4) is 0 Å². The molecule has 1 rings (SSSR count). The minimum absolute atomic E-state index is 0.382. The van der Waals surface area contributed by atoms with Crippen LogP contribution >= 0.6 is 0 Å². The predicted molar refractivity (Wildman–Crippen MR) is 37.2 cm³/mol. The van der Waals surface area contributed by atoms with Crippen LogP contribution in [0.3, 0.4) is 0 Å². The normalized spacial score (nSPS) is 13.5. The van der Waals surface area contributed by atoms with Crippen molar-refractivity contribution in [2.45, 2.75) is 19.6 Å². The molecule has 1 heterocycles. The topological polar surface area (TPSA) is 59.4 Å². The highest BCUT2D eigenvalue weighted by Gasteiger charge is 2.04. The zero-order valence-corrected chi connectivity index (χ0v) is 5.87. The Kier molecular flexibility index (Phi) is 2.09. The lowest BCUT2D eigenvalue weighted by atomic mass is 10.3. The maximum absolute atomic E-state index is 9.00. The van der Waals surface area contributed by atoms with Crippen LogP contribution in [-0.4, -0.2) is 5.11 Å². The van der Waals surface area contributed by atoms with E-state index in [0.717, 1.165) is 0 Å². The van der Waals surface area contributed by atoms with Gasteiger partial charge in [0.05, 0.1) is 6.54 Å². The average molecular weight is 141 g/mol. The number of hydrogen-bond acceptors (Lipinski definition) is 3. The lowest BCUT2D eigenvalue weighted by molar-refractivity contribution is 0.167. The van der Waals surface area contributed by atoms with Crippen LogP contribution in [0.15, 0.2) is 16.5 Å². The zero-order valence-electron chi connectivity index (χ0n) is 5.87. The Morgan fingerprint density at radius 2 is 2.40 bits per heavy atom. The van der Waals surface area contributed by atoms with E-state index in [9.17, 15) is 0 Å². The van der Waals surface area contributed by atoms with Crippen LogP contribution in [0, 0.1) is 0 Å². The summed E-state index contributed by atoms with van der Waals surface area (Å²) in [6.07, 6.45) is -0.541. The molecule has 0 bridgehead atoms. The molecule has 0 aliphatic rings. The number of nitrogens with two attached hydrogens (primary N) is 1. The largest absolute Gasteiger partial charge is 0.462 e. The number of hydrogen-bond donors (Lipinski definition) is 2. The Morgan fingerprint density at radius 3 is 2.70 bits per heavy atom. The second-order valence-corrected chi connectivity index (χ2v) is 2.18. The molecule has 0 spiro atoms. The van der Waals surface area contributed by atoms with Gasteiger partial charge in [0.15, 0.2) is 0 Å². The summed E-state index contributed by atoms with van der Waals surface area (Å²) < 4.78 is 5.12. The second-order valence-electron chi connectivity index (χ2n) is 2.18. The van der Waals surface area contributed by atoms with Gasteiger partial charge in [0.2, 0.25) is 0 Å². The minimum Gasteiger partial charge on any atom is -0.462 e. The van der Waals surface area contributed by atoms with Crippen LogP contribution in [0.2, 0.25) is 0 Å². The van der Waals surface area contributed by atoms with Crippen LogP contribution in [-0.2, 0) is 6.54 Å². The number of furan rings is 1. The second kappa shape index (κ2) is 2.86. The fourth-order valence-corrected chi connectivity index (χ4v) is 0.729. The van der Waals surface area contributed by atoms with Crippen LogP contribution in [0.5, 0.6) is 0 Å². The van der Waals surface area contributed by atoms with E-state index in [4.69, 9.17) is 15.3 Å². The zero-order chi connectivity index (χ0) is 7.56. The summed E-state index contributed by atoms with van der Waals surface area (Å²) in [5.74, 6) is 1.27. The van der Waals surface area contributed by atoms with Gasteiger partial charge in [-0.3, -0.25) is 0 Å². The first kappa shape index (κ1) is 7.31. The Balaban J connectivity index is 2.78. The first-order valence-corrected chi connectivity index (χ1v) is 3.20. The van der Waals surface area contributed by atoms with Crippen LogP contribution in [0.4, 0.5) is 0 Å². The summed E-state index contributed by atoms with van der Waals surface area (Å²) in [4.78, 5) is 0. The average Bonchev–Trinajstić information content (AvgIpc) is 2.34. The SMILES string of the molecule is CC(O)c1ccc(CN)o1. The van der Waals surface area contributed by atoms with Crippen LogP contribution in [0.25, 0.3) is 0 Å². The summed E-state index contributed by atoms with van der Waals surface area (Å²) in [6.45, 7) is 2.03. The molecule has 0 radical (unpaired) electrons. The highest BCUT2D eigenvalue weighted by molar-refractivity contribution is 5.08. The Morgan fingerprint density at radius 1 is 1.70 bits per heavy atom. The van der Waals surface area contributed by atoms with E-state index >= 15 is 0 Å². The molecule has 0 aliphatic heterocycles. The molecule has 1 unspecified atom stereocenters. The molecule has 56 valence electrons. The van der Waals surface area contributed by atoms with Crippen molar-refractivity contribution in [1.29, 1.82) is 0 Å². The maximum Gasteiger partial charge on any atom is 0.132 e. The monoisotopic (exact) mass is 141 g/mol.